The molecule has 0 amide bonds. The average molecular weight is 330 g/mol. The molecular formula is C15H17Cl2NO3. The molecule has 3 rings (SSSR count). The van der Waals surface area contributed by atoms with Crippen LogP contribution in [0.5, 0.6) is 5.75 Å². The van der Waals surface area contributed by atoms with Gasteiger partial charge in [0.25, 0.3) is 0 Å². The number of halogens is 2. The fraction of sp³-hybridized carbons (Fsp3) is 0.533. The molecule has 1 atom stereocenters. The third kappa shape index (κ3) is 2.50. The number of rotatable bonds is 3. The molecule has 114 valence electrons. The van der Waals surface area contributed by atoms with Crippen molar-refractivity contribution in [3.8, 4) is 5.75 Å². The van der Waals surface area contributed by atoms with E-state index in [4.69, 9.17) is 23.2 Å². The third-order valence-corrected chi connectivity index (χ3v) is 5.28. The summed E-state index contributed by atoms with van der Waals surface area (Å²) in [4.78, 5) is 13.5. The van der Waals surface area contributed by atoms with Crippen LogP contribution in [0.25, 0.3) is 0 Å². The zero-order valence-electron chi connectivity index (χ0n) is 11.5. The Hall–Kier alpha value is -0.970. The van der Waals surface area contributed by atoms with Crippen LogP contribution in [0.15, 0.2) is 12.1 Å². The summed E-state index contributed by atoms with van der Waals surface area (Å²) in [5.74, 6) is -0.798. The Morgan fingerprint density at radius 3 is 2.62 bits per heavy atom. The first-order chi connectivity index (χ1) is 9.93. The Bertz CT molecular complexity index is 585. The van der Waals surface area contributed by atoms with Crippen molar-refractivity contribution in [3.63, 3.8) is 0 Å². The van der Waals surface area contributed by atoms with Crippen molar-refractivity contribution in [3.05, 3.63) is 27.7 Å². The van der Waals surface area contributed by atoms with E-state index in [-0.39, 0.29) is 16.2 Å². The van der Waals surface area contributed by atoms with E-state index in [0.717, 1.165) is 32.2 Å². The van der Waals surface area contributed by atoms with E-state index in [1.54, 1.807) is 6.07 Å². The number of carbonyl (C=O) groups is 1. The minimum absolute atomic E-state index is 0.0161. The lowest BCUT2D eigenvalue weighted by Crippen LogP contribution is -2.66. The first-order valence-electron chi connectivity index (χ1n) is 7.07. The first kappa shape index (κ1) is 14.9. The average Bonchev–Trinajstić information content (AvgIpc) is 2.84. The molecule has 1 saturated carbocycles. The number of likely N-dealkylation sites (tertiary alicyclic amines) is 1. The maximum atomic E-state index is 11.6. The molecule has 4 nitrogen and oxygen atoms in total. The van der Waals surface area contributed by atoms with Gasteiger partial charge >= 0.3 is 5.97 Å². The molecule has 1 heterocycles. The van der Waals surface area contributed by atoms with Gasteiger partial charge in [-0.1, -0.05) is 36.0 Å². The summed E-state index contributed by atoms with van der Waals surface area (Å²) in [6, 6.07) is 2.64. The molecule has 2 aliphatic rings. The quantitative estimate of drug-likeness (QED) is 0.890. The Balaban J connectivity index is 1.81. The molecule has 1 spiro atoms. The number of benzene rings is 1. The lowest BCUT2D eigenvalue weighted by Gasteiger charge is -2.54. The van der Waals surface area contributed by atoms with Crippen molar-refractivity contribution >= 4 is 29.2 Å². The Kier molecular flexibility index (Phi) is 3.80. The lowest BCUT2D eigenvalue weighted by molar-refractivity contribution is -0.166. The highest BCUT2D eigenvalue weighted by atomic mass is 35.5. The first-order valence-corrected chi connectivity index (χ1v) is 7.82. The molecule has 2 N–H and O–H groups in total. The fourth-order valence-electron chi connectivity index (χ4n) is 3.89. The van der Waals surface area contributed by atoms with Gasteiger partial charge in [-0.2, -0.15) is 0 Å². The SMILES string of the molecule is O=C(O)C1N(Cc2cc(Cl)cc(Cl)c2O)CC12CCCC2. The third-order valence-electron chi connectivity index (χ3n) is 4.78. The molecule has 2 fully saturated rings. The Labute approximate surface area is 133 Å². The zero-order chi connectivity index (χ0) is 15.2. The predicted octanol–water partition coefficient (Wildman–Crippen LogP) is 3.53. The van der Waals surface area contributed by atoms with E-state index >= 15 is 0 Å². The standard InChI is InChI=1S/C15H17Cl2NO3/c16-10-5-9(12(19)11(17)6-10)7-18-8-15(3-1-2-4-15)13(18)14(20)21/h5-6,13,19H,1-4,7-8H2,(H,20,21). The summed E-state index contributed by atoms with van der Waals surface area (Å²) in [5, 5.41) is 20.2. The zero-order valence-corrected chi connectivity index (χ0v) is 13.0. The molecule has 1 saturated heterocycles. The number of nitrogens with zero attached hydrogens (tertiary/aromatic N) is 1. The largest absolute Gasteiger partial charge is 0.506 e. The van der Waals surface area contributed by atoms with Crippen molar-refractivity contribution in [2.45, 2.75) is 38.3 Å². The van der Waals surface area contributed by atoms with Gasteiger partial charge in [-0.05, 0) is 25.0 Å². The molecule has 1 unspecified atom stereocenters. The topological polar surface area (TPSA) is 60.8 Å². The number of aliphatic carboxylic acids is 1. The molecule has 1 aromatic carbocycles. The van der Waals surface area contributed by atoms with E-state index in [2.05, 4.69) is 0 Å². The van der Waals surface area contributed by atoms with Crippen LogP contribution in [0.4, 0.5) is 0 Å². The monoisotopic (exact) mass is 329 g/mol. The van der Waals surface area contributed by atoms with Gasteiger partial charge in [-0.15, -0.1) is 0 Å². The molecule has 1 aromatic rings. The van der Waals surface area contributed by atoms with Crippen LogP contribution < -0.4 is 0 Å². The number of aromatic hydroxyl groups is 1. The van der Waals surface area contributed by atoms with Gasteiger partial charge in [-0.25, -0.2) is 0 Å². The van der Waals surface area contributed by atoms with Crippen molar-refractivity contribution in [1.82, 2.24) is 4.90 Å². The molecule has 1 aliphatic heterocycles. The van der Waals surface area contributed by atoms with Crippen molar-refractivity contribution in [2.75, 3.05) is 6.54 Å². The van der Waals surface area contributed by atoms with E-state index in [1.807, 2.05) is 4.90 Å². The minimum Gasteiger partial charge on any atom is -0.506 e. The molecule has 0 radical (unpaired) electrons. The van der Waals surface area contributed by atoms with Crippen LogP contribution >= 0.6 is 23.2 Å². The van der Waals surface area contributed by atoms with Crippen LogP contribution in [0.2, 0.25) is 10.0 Å². The summed E-state index contributed by atoms with van der Waals surface area (Å²) in [7, 11) is 0. The number of hydrogen-bond acceptors (Lipinski definition) is 3. The smallest absolute Gasteiger partial charge is 0.321 e. The Morgan fingerprint density at radius 2 is 2.00 bits per heavy atom. The molecule has 21 heavy (non-hydrogen) atoms. The van der Waals surface area contributed by atoms with E-state index < -0.39 is 12.0 Å². The Morgan fingerprint density at radius 1 is 1.33 bits per heavy atom. The number of carboxylic acid groups (broad SMARTS) is 1. The maximum absolute atomic E-state index is 11.6. The predicted molar refractivity (Wildman–Crippen MR) is 80.9 cm³/mol. The van der Waals surface area contributed by atoms with Gasteiger partial charge in [-0.3, -0.25) is 9.69 Å². The normalized spacial score (nSPS) is 24.2. The molecular weight excluding hydrogens is 313 g/mol. The number of carboxylic acids is 1. The van der Waals surface area contributed by atoms with E-state index in [9.17, 15) is 15.0 Å². The fourth-order valence-corrected chi connectivity index (χ4v) is 4.43. The van der Waals surface area contributed by atoms with Gasteiger partial charge in [0.2, 0.25) is 0 Å². The number of hydrogen-bond donors (Lipinski definition) is 2. The second kappa shape index (κ2) is 5.34. The van der Waals surface area contributed by atoms with Gasteiger partial charge in [0.1, 0.15) is 11.8 Å². The van der Waals surface area contributed by atoms with Gasteiger partial charge < -0.3 is 10.2 Å². The van der Waals surface area contributed by atoms with Crippen LogP contribution in [-0.2, 0) is 11.3 Å². The molecule has 6 heteroatoms. The molecule has 0 bridgehead atoms. The summed E-state index contributed by atoms with van der Waals surface area (Å²) in [6.07, 6.45) is 4.16. The van der Waals surface area contributed by atoms with Gasteiger partial charge in [0, 0.05) is 29.1 Å². The van der Waals surface area contributed by atoms with Crippen molar-refractivity contribution < 1.29 is 15.0 Å². The van der Waals surface area contributed by atoms with Crippen LogP contribution in [0.1, 0.15) is 31.2 Å². The highest BCUT2D eigenvalue weighted by Crippen LogP contribution is 2.51. The number of phenolic OH excluding ortho intramolecular Hbond substituents is 1. The van der Waals surface area contributed by atoms with Gasteiger partial charge in [0.05, 0.1) is 5.02 Å². The highest BCUT2D eigenvalue weighted by Gasteiger charge is 2.57. The molecule has 0 aromatic heterocycles. The molecule has 1 aliphatic carbocycles. The highest BCUT2D eigenvalue weighted by molar-refractivity contribution is 6.35. The van der Waals surface area contributed by atoms with Crippen molar-refractivity contribution in [2.24, 2.45) is 5.41 Å². The van der Waals surface area contributed by atoms with Crippen LogP contribution in [0.3, 0.4) is 0 Å². The second-order valence-electron chi connectivity index (χ2n) is 6.11. The maximum Gasteiger partial charge on any atom is 0.321 e. The van der Waals surface area contributed by atoms with E-state index in [1.165, 1.54) is 6.07 Å². The minimum atomic E-state index is -0.782. The number of phenols is 1. The summed E-state index contributed by atoms with van der Waals surface area (Å²) >= 11 is 11.9. The summed E-state index contributed by atoms with van der Waals surface area (Å²) in [6.45, 7) is 1.11. The second-order valence-corrected chi connectivity index (χ2v) is 6.95. The van der Waals surface area contributed by atoms with Gasteiger partial charge in [0.15, 0.2) is 0 Å². The summed E-state index contributed by atoms with van der Waals surface area (Å²) < 4.78 is 0. The summed E-state index contributed by atoms with van der Waals surface area (Å²) in [5.41, 5.74) is 0.496. The van der Waals surface area contributed by atoms with Crippen molar-refractivity contribution in [1.29, 1.82) is 0 Å². The van der Waals surface area contributed by atoms with E-state index in [0.29, 0.717) is 17.1 Å². The van der Waals surface area contributed by atoms with Crippen LogP contribution in [0, 0.1) is 5.41 Å². The van der Waals surface area contributed by atoms with Crippen LogP contribution in [-0.4, -0.2) is 33.7 Å². The lowest BCUT2D eigenvalue weighted by atomic mass is 9.70.